The van der Waals surface area contributed by atoms with Gasteiger partial charge in [-0.25, -0.2) is 4.57 Å². The first-order valence-corrected chi connectivity index (χ1v) is 3.30. The molecule has 54 valence electrons. The molecule has 0 aliphatic carbocycles. The Morgan fingerprint density at radius 1 is 1.50 bits per heavy atom. The molecule has 0 bridgehead atoms. The molecule has 0 saturated heterocycles. The number of aryl methyl sites for hydroxylation is 2. The number of rotatable bonds is 1. The summed E-state index contributed by atoms with van der Waals surface area (Å²) in [5.41, 5.74) is 2.14. The molecule has 2 nitrogen and oxygen atoms in total. The molecule has 0 radical (unpaired) electrons. The largest absolute Gasteiger partial charge is 0.391 e. The monoisotopic (exact) mass is 138 g/mol. The predicted octanol–water partition coefficient (Wildman–Crippen LogP) is 0.312. The van der Waals surface area contributed by atoms with Crippen LogP contribution >= 0.6 is 0 Å². The van der Waals surface area contributed by atoms with Gasteiger partial charge >= 0.3 is 0 Å². The first kappa shape index (κ1) is 7.22. The Morgan fingerprint density at radius 3 is 2.70 bits per heavy atom. The fraction of sp³-hybridized carbons (Fsp3) is 0.375. The molecule has 0 saturated carbocycles. The van der Waals surface area contributed by atoms with Gasteiger partial charge in [0.1, 0.15) is 7.05 Å². The van der Waals surface area contributed by atoms with Crippen LogP contribution in [0.5, 0.6) is 0 Å². The Kier molecular flexibility index (Phi) is 2.02. The van der Waals surface area contributed by atoms with E-state index in [0.717, 1.165) is 5.56 Å². The second-order valence-electron chi connectivity index (χ2n) is 2.45. The molecule has 1 heterocycles. The van der Waals surface area contributed by atoms with E-state index in [1.165, 1.54) is 5.69 Å². The van der Waals surface area contributed by atoms with Gasteiger partial charge in [0.2, 0.25) is 0 Å². The smallest absolute Gasteiger partial charge is 0.177 e. The molecule has 2 heteroatoms. The number of aliphatic hydroxyl groups is 1. The number of aromatic nitrogens is 1. The highest BCUT2D eigenvalue weighted by atomic mass is 16.3. The Labute approximate surface area is 60.8 Å². The lowest BCUT2D eigenvalue weighted by Crippen LogP contribution is -2.31. The minimum absolute atomic E-state index is 0.119. The molecule has 0 spiro atoms. The van der Waals surface area contributed by atoms with Gasteiger partial charge in [-0.3, -0.25) is 0 Å². The predicted molar refractivity (Wildman–Crippen MR) is 38.3 cm³/mol. The van der Waals surface area contributed by atoms with Crippen LogP contribution < -0.4 is 4.57 Å². The summed E-state index contributed by atoms with van der Waals surface area (Å²) in [7, 11) is 1.97. The number of nitrogens with zero attached hydrogens (tertiary/aromatic N) is 1. The van der Waals surface area contributed by atoms with Gasteiger partial charge in [-0.15, -0.1) is 0 Å². The van der Waals surface area contributed by atoms with E-state index in [1.54, 1.807) is 0 Å². The molecule has 1 rings (SSSR count). The normalized spacial score (nSPS) is 9.90. The molecule has 10 heavy (non-hydrogen) atoms. The van der Waals surface area contributed by atoms with Crippen molar-refractivity contribution in [3.05, 3.63) is 29.6 Å². The molecule has 0 unspecified atom stereocenters. The molecule has 1 N–H and O–H groups in total. The molecule has 0 aliphatic heterocycles. The molecule has 0 fully saturated rings. The lowest BCUT2D eigenvalue weighted by atomic mass is 10.2. The summed E-state index contributed by atoms with van der Waals surface area (Å²) >= 11 is 0. The van der Waals surface area contributed by atoms with E-state index >= 15 is 0 Å². The summed E-state index contributed by atoms with van der Waals surface area (Å²) in [6, 6.07) is 3.92. The molecule has 0 atom stereocenters. The van der Waals surface area contributed by atoms with Crippen LogP contribution in [0, 0.1) is 6.92 Å². The van der Waals surface area contributed by atoms with E-state index in [-0.39, 0.29) is 6.61 Å². The maximum absolute atomic E-state index is 8.74. The van der Waals surface area contributed by atoms with Crippen LogP contribution in [0.4, 0.5) is 0 Å². The second-order valence-corrected chi connectivity index (χ2v) is 2.45. The first-order chi connectivity index (χ1) is 4.74. The third-order valence-electron chi connectivity index (χ3n) is 1.64. The van der Waals surface area contributed by atoms with Gasteiger partial charge in [-0.1, -0.05) is 0 Å². The van der Waals surface area contributed by atoms with E-state index in [0.29, 0.717) is 0 Å². The summed E-state index contributed by atoms with van der Waals surface area (Å²) in [4.78, 5) is 0. The molecule has 0 aliphatic rings. The van der Waals surface area contributed by atoms with Crippen LogP contribution in [0.25, 0.3) is 0 Å². The number of pyridine rings is 1. The number of hydrogen-bond donors (Lipinski definition) is 1. The Balaban J connectivity index is 3.04. The summed E-state index contributed by atoms with van der Waals surface area (Å²) in [6.07, 6.45) is 1.93. The maximum Gasteiger partial charge on any atom is 0.177 e. The minimum Gasteiger partial charge on any atom is -0.391 e. The van der Waals surface area contributed by atoms with E-state index in [4.69, 9.17) is 5.11 Å². The van der Waals surface area contributed by atoms with Crippen LogP contribution in [-0.2, 0) is 13.7 Å². The van der Waals surface area contributed by atoms with Crippen LogP contribution in [0.3, 0.4) is 0 Å². The van der Waals surface area contributed by atoms with E-state index in [9.17, 15) is 0 Å². The third-order valence-corrected chi connectivity index (χ3v) is 1.64. The van der Waals surface area contributed by atoms with Crippen molar-refractivity contribution in [1.29, 1.82) is 0 Å². The van der Waals surface area contributed by atoms with Crippen molar-refractivity contribution in [3.8, 4) is 0 Å². The lowest BCUT2D eigenvalue weighted by molar-refractivity contribution is -0.678. The Morgan fingerprint density at radius 2 is 2.20 bits per heavy atom. The zero-order valence-electron chi connectivity index (χ0n) is 6.33. The van der Waals surface area contributed by atoms with Gasteiger partial charge in [0.05, 0.1) is 6.61 Å². The molecule has 1 aromatic rings. The van der Waals surface area contributed by atoms with E-state index in [2.05, 4.69) is 0 Å². The van der Waals surface area contributed by atoms with Gasteiger partial charge < -0.3 is 5.11 Å². The average Bonchev–Trinajstić information content (AvgIpc) is 1.95. The second kappa shape index (κ2) is 2.80. The average molecular weight is 138 g/mol. The highest BCUT2D eigenvalue weighted by Crippen LogP contribution is 1.95. The molecule has 1 aromatic heterocycles. The van der Waals surface area contributed by atoms with Crippen molar-refractivity contribution in [2.45, 2.75) is 13.5 Å². The number of hydrogen-bond acceptors (Lipinski definition) is 1. The quantitative estimate of drug-likeness (QED) is 0.555. The Hall–Kier alpha value is -0.890. The van der Waals surface area contributed by atoms with Crippen LogP contribution in [0.1, 0.15) is 11.3 Å². The fourth-order valence-electron chi connectivity index (χ4n) is 0.832. The van der Waals surface area contributed by atoms with E-state index in [1.807, 2.05) is 36.9 Å². The van der Waals surface area contributed by atoms with Crippen molar-refractivity contribution < 1.29 is 9.67 Å². The molecule has 0 amide bonds. The van der Waals surface area contributed by atoms with Crippen molar-refractivity contribution >= 4 is 0 Å². The SMILES string of the molecule is Cc1ccc(CO)c[n+]1C. The highest BCUT2D eigenvalue weighted by Gasteiger charge is 1.99. The van der Waals surface area contributed by atoms with Crippen molar-refractivity contribution in [2.75, 3.05) is 0 Å². The summed E-state index contributed by atoms with van der Waals surface area (Å²) in [5, 5.41) is 8.74. The summed E-state index contributed by atoms with van der Waals surface area (Å²) in [6.45, 7) is 2.15. The third kappa shape index (κ3) is 1.33. The summed E-state index contributed by atoms with van der Waals surface area (Å²) < 4.78 is 1.99. The van der Waals surface area contributed by atoms with Crippen LogP contribution in [-0.4, -0.2) is 5.11 Å². The standard InChI is InChI=1S/C8H12NO/c1-7-3-4-8(6-10)5-9(7)2/h3-5,10H,6H2,1-2H3/q+1. The van der Waals surface area contributed by atoms with Gasteiger partial charge in [0.25, 0.3) is 0 Å². The van der Waals surface area contributed by atoms with Crippen molar-refractivity contribution in [2.24, 2.45) is 7.05 Å². The first-order valence-electron chi connectivity index (χ1n) is 3.30. The zero-order valence-corrected chi connectivity index (χ0v) is 6.33. The van der Waals surface area contributed by atoms with Gasteiger partial charge in [-0.05, 0) is 6.07 Å². The van der Waals surface area contributed by atoms with Crippen molar-refractivity contribution in [1.82, 2.24) is 0 Å². The maximum atomic E-state index is 8.74. The number of aliphatic hydroxyl groups excluding tert-OH is 1. The van der Waals surface area contributed by atoms with Crippen LogP contribution in [0.15, 0.2) is 18.3 Å². The topological polar surface area (TPSA) is 24.1 Å². The minimum atomic E-state index is 0.119. The van der Waals surface area contributed by atoms with Gasteiger partial charge in [-0.2, -0.15) is 0 Å². The van der Waals surface area contributed by atoms with E-state index < -0.39 is 0 Å². The van der Waals surface area contributed by atoms with Gasteiger partial charge in [0.15, 0.2) is 11.9 Å². The van der Waals surface area contributed by atoms with Crippen molar-refractivity contribution in [3.63, 3.8) is 0 Å². The zero-order chi connectivity index (χ0) is 7.56. The van der Waals surface area contributed by atoms with Gasteiger partial charge in [0, 0.05) is 18.6 Å². The lowest BCUT2D eigenvalue weighted by Gasteiger charge is -1.94. The molecule has 0 aromatic carbocycles. The summed E-state index contributed by atoms with van der Waals surface area (Å²) in [5.74, 6) is 0. The van der Waals surface area contributed by atoms with Crippen LogP contribution in [0.2, 0.25) is 0 Å². The molecular formula is C8H12NO+. The fourth-order valence-corrected chi connectivity index (χ4v) is 0.832. The Bertz CT molecular complexity index is 233. The molecular weight excluding hydrogens is 126 g/mol. The highest BCUT2D eigenvalue weighted by molar-refractivity contribution is 5.07.